The third-order valence-electron chi connectivity index (χ3n) is 3.16. The average molecular weight is 382 g/mol. The summed E-state index contributed by atoms with van der Waals surface area (Å²) < 4.78 is 15.1. The van der Waals surface area contributed by atoms with Crippen LogP contribution in [0, 0.1) is 5.13 Å². The number of pyridine rings is 1. The quantitative estimate of drug-likeness (QED) is 0.741. The Morgan fingerprint density at radius 2 is 2.23 bits per heavy atom. The molecule has 3 aromatic rings. The summed E-state index contributed by atoms with van der Waals surface area (Å²) in [7, 11) is 1.59. The standard InChI is InChI=1S/C14H9BrFN3O2S/c1-19-10-4-2-3-9(15)7(10)5-8(13(19)21)12(20)18-14-17-6-11(16)22-14/h2-6H,1H3,(H,17,18,20). The Morgan fingerprint density at radius 1 is 1.45 bits per heavy atom. The van der Waals surface area contributed by atoms with Crippen LogP contribution >= 0.6 is 27.3 Å². The van der Waals surface area contributed by atoms with E-state index in [-0.39, 0.29) is 10.7 Å². The van der Waals surface area contributed by atoms with Crippen molar-refractivity contribution in [3.63, 3.8) is 0 Å². The highest BCUT2D eigenvalue weighted by molar-refractivity contribution is 9.10. The lowest BCUT2D eigenvalue weighted by Gasteiger charge is -2.09. The van der Waals surface area contributed by atoms with Gasteiger partial charge in [-0.1, -0.05) is 33.3 Å². The van der Waals surface area contributed by atoms with Gasteiger partial charge in [-0.3, -0.25) is 14.9 Å². The summed E-state index contributed by atoms with van der Waals surface area (Å²) in [5.41, 5.74) is 0.244. The Labute approximate surface area is 136 Å². The predicted molar refractivity (Wildman–Crippen MR) is 86.9 cm³/mol. The summed E-state index contributed by atoms with van der Waals surface area (Å²) in [4.78, 5) is 28.3. The number of nitrogens with zero attached hydrogens (tertiary/aromatic N) is 2. The van der Waals surface area contributed by atoms with Gasteiger partial charge in [-0.05, 0) is 18.2 Å². The third-order valence-corrected chi connectivity index (χ3v) is 4.55. The Balaban J connectivity index is 2.10. The maximum atomic E-state index is 12.9. The lowest BCUT2D eigenvalue weighted by atomic mass is 10.1. The van der Waals surface area contributed by atoms with Crippen molar-refractivity contribution < 1.29 is 9.18 Å². The Hall–Kier alpha value is -2.06. The highest BCUT2D eigenvalue weighted by Crippen LogP contribution is 2.23. The van der Waals surface area contributed by atoms with Gasteiger partial charge in [0, 0.05) is 16.9 Å². The number of carbonyl (C=O) groups is 1. The zero-order chi connectivity index (χ0) is 15.9. The average Bonchev–Trinajstić information content (AvgIpc) is 2.88. The molecule has 0 radical (unpaired) electrons. The number of hydrogen-bond acceptors (Lipinski definition) is 4. The van der Waals surface area contributed by atoms with Gasteiger partial charge >= 0.3 is 0 Å². The molecule has 2 aromatic heterocycles. The van der Waals surface area contributed by atoms with E-state index < -0.39 is 16.6 Å². The van der Waals surface area contributed by atoms with Gasteiger partial charge in [0.2, 0.25) is 0 Å². The first-order valence-corrected chi connectivity index (χ1v) is 7.79. The van der Waals surface area contributed by atoms with Crippen LogP contribution in [0.15, 0.2) is 39.7 Å². The highest BCUT2D eigenvalue weighted by atomic mass is 79.9. The van der Waals surface area contributed by atoms with Crippen molar-refractivity contribution >= 4 is 49.2 Å². The third kappa shape index (κ3) is 2.55. The molecule has 22 heavy (non-hydrogen) atoms. The number of amides is 1. The molecule has 0 spiro atoms. The topological polar surface area (TPSA) is 64.0 Å². The number of thiazole rings is 1. The van der Waals surface area contributed by atoms with E-state index in [1.807, 2.05) is 12.1 Å². The lowest BCUT2D eigenvalue weighted by molar-refractivity contribution is 0.102. The summed E-state index contributed by atoms with van der Waals surface area (Å²) in [5, 5.41) is 2.77. The van der Waals surface area contributed by atoms with E-state index >= 15 is 0 Å². The summed E-state index contributed by atoms with van der Waals surface area (Å²) >= 11 is 4.10. The van der Waals surface area contributed by atoms with Gasteiger partial charge in [0.25, 0.3) is 11.5 Å². The van der Waals surface area contributed by atoms with Gasteiger partial charge in [0.1, 0.15) is 5.56 Å². The first kappa shape index (κ1) is 14.9. The molecule has 0 atom stereocenters. The van der Waals surface area contributed by atoms with Crippen LogP contribution in [0.5, 0.6) is 0 Å². The number of rotatable bonds is 2. The van der Waals surface area contributed by atoms with Crippen molar-refractivity contribution in [3.05, 3.63) is 56.0 Å². The molecule has 0 aliphatic heterocycles. The number of carbonyl (C=O) groups excluding carboxylic acids is 1. The molecule has 0 bridgehead atoms. The fourth-order valence-electron chi connectivity index (χ4n) is 2.10. The molecule has 112 valence electrons. The van der Waals surface area contributed by atoms with Gasteiger partial charge in [0.15, 0.2) is 10.3 Å². The van der Waals surface area contributed by atoms with Crippen LogP contribution in [-0.4, -0.2) is 15.5 Å². The maximum absolute atomic E-state index is 12.9. The van der Waals surface area contributed by atoms with E-state index in [1.165, 1.54) is 10.6 Å². The van der Waals surface area contributed by atoms with Crippen molar-refractivity contribution in [3.8, 4) is 0 Å². The second-order valence-electron chi connectivity index (χ2n) is 4.52. The van der Waals surface area contributed by atoms with Crippen LogP contribution in [0.4, 0.5) is 9.52 Å². The van der Waals surface area contributed by atoms with Crippen LogP contribution in [0.25, 0.3) is 10.9 Å². The first-order chi connectivity index (χ1) is 10.5. The largest absolute Gasteiger partial charge is 0.311 e. The number of aryl methyl sites for hydroxylation is 1. The molecule has 1 amide bonds. The Kier molecular flexibility index (Phi) is 3.79. The molecule has 0 aliphatic rings. The summed E-state index contributed by atoms with van der Waals surface area (Å²) in [5.74, 6) is -0.618. The smallest absolute Gasteiger partial charge is 0.263 e. The van der Waals surface area contributed by atoms with E-state index in [9.17, 15) is 14.0 Å². The van der Waals surface area contributed by atoms with Crippen molar-refractivity contribution in [1.82, 2.24) is 9.55 Å². The molecule has 0 unspecified atom stereocenters. The Morgan fingerprint density at radius 3 is 2.91 bits per heavy atom. The van der Waals surface area contributed by atoms with Gasteiger partial charge in [-0.2, -0.15) is 4.39 Å². The fourth-order valence-corrected chi connectivity index (χ4v) is 3.11. The van der Waals surface area contributed by atoms with Crippen LogP contribution in [0.1, 0.15) is 10.4 Å². The normalized spacial score (nSPS) is 10.9. The van der Waals surface area contributed by atoms with Crippen molar-refractivity contribution in [2.24, 2.45) is 7.05 Å². The van der Waals surface area contributed by atoms with Crippen LogP contribution in [-0.2, 0) is 7.05 Å². The lowest BCUT2D eigenvalue weighted by Crippen LogP contribution is -2.27. The van der Waals surface area contributed by atoms with Crippen LogP contribution in [0.3, 0.4) is 0 Å². The highest BCUT2D eigenvalue weighted by Gasteiger charge is 2.16. The molecule has 1 aromatic carbocycles. The fraction of sp³-hybridized carbons (Fsp3) is 0.0714. The number of hydrogen-bond donors (Lipinski definition) is 1. The summed E-state index contributed by atoms with van der Waals surface area (Å²) in [6, 6.07) is 6.94. The van der Waals surface area contributed by atoms with Crippen LogP contribution < -0.4 is 10.9 Å². The second kappa shape index (κ2) is 5.62. The molecule has 0 aliphatic carbocycles. The van der Waals surface area contributed by atoms with Gasteiger partial charge in [-0.25, -0.2) is 4.98 Å². The summed E-state index contributed by atoms with van der Waals surface area (Å²) in [6.45, 7) is 0. The zero-order valence-corrected chi connectivity index (χ0v) is 13.7. The van der Waals surface area contributed by atoms with Gasteiger partial charge < -0.3 is 4.57 Å². The minimum absolute atomic E-state index is 0.0301. The van der Waals surface area contributed by atoms with E-state index in [0.717, 1.165) is 16.1 Å². The molecule has 0 fully saturated rings. The molecule has 0 saturated carbocycles. The Bertz CT molecular complexity index is 951. The molecule has 0 saturated heterocycles. The van der Waals surface area contributed by atoms with Crippen LogP contribution in [0.2, 0.25) is 0 Å². The summed E-state index contributed by atoms with van der Waals surface area (Å²) in [6.07, 6.45) is 1.01. The number of nitrogens with one attached hydrogen (secondary N) is 1. The first-order valence-electron chi connectivity index (χ1n) is 6.18. The number of anilines is 1. The number of benzene rings is 1. The van der Waals surface area contributed by atoms with Gasteiger partial charge in [-0.15, -0.1) is 0 Å². The van der Waals surface area contributed by atoms with Crippen molar-refractivity contribution in [2.45, 2.75) is 0 Å². The van der Waals surface area contributed by atoms with E-state index in [0.29, 0.717) is 16.9 Å². The minimum Gasteiger partial charge on any atom is -0.311 e. The van der Waals surface area contributed by atoms with E-state index in [4.69, 9.17) is 0 Å². The monoisotopic (exact) mass is 381 g/mol. The molecular formula is C14H9BrFN3O2S. The minimum atomic E-state index is -0.618. The number of halogens is 2. The SMILES string of the molecule is Cn1c(=O)c(C(=O)Nc2ncc(F)s2)cc2c(Br)cccc21. The molecular weight excluding hydrogens is 373 g/mol. The van der Waals surface area contributed by atoms with E-state index in [2.05, 4.69) is 26.2 Å². The molecule has 1 N–H and O–H groups in total. The molecule has 8 heteroatoms. The maximum Gasteiger partial charge on any atom is 0.263 e. The molecule has 3 rings (SSSR count). The molecule has 2 heterocycles. The van der Waals surface area contributed by atoms with E-state index in [1.54, 1.807) is 13.1 Å². The number of aromatic nitrogens is 2. The van der Waals surface area contributed by atoms with Crippen molar-refractivity contribution in [2.75, 3.05) is 5.32 Å². The second-order valence-corrected chi connectivity index (χ2v) is 6.35. The molecule has 5 nitrogen and oxygen atoms in total. The van der Waals surface area contributed by atoms with Crippen molar-refractivity contribution in [1.29, 1.82) is 0 Å². The number of fused-ring (bicyclic) bond motifs is 1. The van der Waals surface area contributed by atoms with Gasteiger partial charge in [0.05, 0.1) is 11.7 Å². The predicted octanol–water partition coefficient (Wildman–Crippen LogP) is 3.15. The zero-order valence-electron chi connectivity index (χ0n) is 11.3.